The number of aliphatic imine (C=N–C) groups is 1. The third-order valence-electron chi connectivity index (χ3n) is 2.77. The first kappa shape index (κ1) is 10.1. The van der Waals surface area contributed by atoms with Gasteiger partial charge in [0.05, 0.1) is 18.1 Å². The van der Waals surface area contributed by atoms with Crippen LogP contribution < -0.4 is 5.73 Å². The van der Waals surface area contributed by atoms with Crippen molar-refractivity contribution in [2.24, 2.45) is 16.6 Å². The van der Waals surface area contributed by atoms with Crippen molar-refractivity contribution in [2.45, 2.75) is 32.7 Å². The molecule has 0 radical (unpaired) electrons. The zero-order valence-corrected chi connectivity index (χ0v) is 9.11. The highest BCUT2D eigenvalue weighted by atomic mass is 14.9. The topological polar surface area (TPSA) is 51.3 Å². The van der Waals surface area contributed by atoms with Crippen molar-refractivity contribution in [3.8, 4) is 0 Å². The van der Waals surface area contributed by atoms with Gasteiger partial charge >= 0.3 is 0 Å². The molecule has 1 aromatic rings. The lowest BCUT2D eigenvalue weighted by atomic mass is 10.1. The fourth-order valence-electron chi connectivity index (χ4n) is 1.61. The molecule has 2 rings (SSSR count). The number of nitrogens with zero attached hydrogens (tertiary/aromatic N) is 2. The van der Waals surface area contributed by atoms with Crippen molar-refractivity contribution < 1.29 is 0 Å². The van der Waals surface area contributed by atoms with Crippen LogP contribution in [-0.2, 0) is 13.0 Å². The quantitative estimate of drug-likeness (QED) is 0.600. The summed E-state index contributed by atoms with van der Waals surface area (Å²) in [5.74, 6) is 1.36. The average molecular weight is 203 g/mol. The van der Waals surface area contributed by atoms with Gasteiger partial charge in [0.2, 0.25) is 0 Å². The molecule has 3 nitrogen and oxygen atoms in total. The second-order valence-electron chi connectivity index (χ2n) is 3.98. The van der Waals surface area contributed by atoms with Gasteiger partial charge in [-0.1, -0.05) is 13.0 Å². The van der Waals surface area contributed by atoms with Crippen molar-refractivity contribution in [1.29, 1.82) is 0 Å². The third kappa shape index (κ3) is 2.55. The molecule has 0 bridgehead atoms. The molecule has 2 N–H and O–H groups in total. The lowest BCUT2D eigenvalue weighted by Gasteiger charge is -2.03. The maximum atomic E-state index is 5.84. The minimum atomic E-state index is 0.554. The van der Waals surface area contributed by atoms with E-state index >= 15 is 0 Å². The van der Waals surface area contributed by atoms with Gasteiger partial charge in [-0.05, 0) is 30.9 Å². The van der Waals surface area contributed by atoms with Crippen LogP contribution in [0.25, 0.3) is 0 Å². The molecule has 15 heavy (non-hydrogen) atoms. The minimum Gasteiger partial charge on any atom is -0.387 e. The highest BCUT2D eigenvalue weighted by molar-refractivity contribution is 5.84. The lowest BCUT2D eigenvalue weighted by Crippen LogP contribution is -2.14. The molecule has 1 aliphatic carbocycles. The third-order valence-corrected chi connectivity index (χ3v) is 2.77. The van der Waals surface area contributed by atoms with Crippen molar-refractivity contribution >= 4 is 5.84 Å². The molecule has 0 saturated heterocycles. The van der Waals surface area contributed by atoms with E-state index in [1.807, 2.05) is 12.3 Å². The number of pyridine rings is 1. The highest BCUT2D eigenvalue weighted by Gasteiger charge is 2.25. The van der Waals surface area contributed by atoms with Gasteiger partial charge in [0.15, 0.2) is 0 Å². The van der Waals surface area contributed by atoms with E-state index < -0.39 is 0 Å². The normalized spacial score (nSPS) is 16.7. The van der Waals surface area contributed by atoms with Crippen LogP contribution >= 0.6 is 0 Å². The Morgan fingerprint density at radius 2 is 2.40 bits per heavy atom. The summed E-state index contributed by atoms with van der Waals surface area (Å²) in [7, 11) is 0. The monoisotopic (exact) mass is 203 g/mol. The van der Waals surface area contributed by atoms with Gasteiger partial charge < -0.3 is 5.73 Å². The molecule has 1 aromatic heterocycles. The molecule has 1 heterocycles. The predicted octanol–water partition coefficient (Wildman–Crippen LogP) is 1.91. The molecule has 0 unspecified atom stereocenters. The molecule has 1 fully saturated rings. The number of rotatable bonds is 4. The van der Waals surface area contributed by atoms with Crippen molar-refractivity contribution in [3.05, 3.63) is 29.6 Å². The maximum Gasteiger partial charge on any atom is 0.0973 e. The van der Waals surface area contributed by atoms with Crippen LogP contribution in [-0.4, -0.2) is 10.8 Å². The predicted molar refractivity (Wildman–Crippen MR) is 61.7 cm³/mol. The molecule has 1 saturated carbocycles. The molecular formula is C12H17N3. The Bertz CT molecular complexity index is 367. The first-order chi connectivity index (χ1) is 7.31. The molecule has 0 amide bonds. The number of amidine groups is 1. The summed E-state index contributed by atoms with van der Waals surface area (Å²) >= 11 is 0. The standard InChI is InChI=1S/C12H17N3/c1-2-9-4-3-7-14-11(9)8-15-12(13)10-5-6-10/h3-4,7,10H,2,5-6,8H2,1H3,(H2,13,15). The number of hydrogen-bond donors (Lipinski definition) is 1. The first-order valence-electron chi connectivity index (χ1n) is 5.54. The molecule has 0 aliphatic heterocycles. The van der Waals surface area contributed by atoms with E-state index in [0.29, 0.717) is 12.5 Å². The lowest BCUT2D eigenvalue weighted by molar-refractivity contribution is 0.922. The zero-order chi connectivity index (χ0) is 10.7. The minimum absolute atomic E-state index is 0.554. The molecular weight excluding hydrogens is 186 g/mol. The van der Waals surface area contributed by atoms with Gasteiger partial charge in [-0.3, -0.25) is 9.98 Å². The van der Waals surface area contributed by atoms with Crippen LogP contribution in [0.15, 0.2) is 23.3 Å². The van der Waals surface area contributed by atoms with Crippen LogP contribution in [0.2, 0.25) is 0 Å². The van der Waals surface area contributed by atoms with Gasteiger partial charge in [0.25, 0.3) is 0 Å². The van der Waals surface area contributed by atoms with Crippen LogP contribution in [0.4, 0.5) is 0 Å². The Balaban J connectivity index is 2.06. The summed E-state index contributed by atoms with van der Waals surface area (Å²) in [4.78, 5) is 8.74. The van der Waals surface area contributed by atoms with Gasteiger partial charge in [-0.15, -0.1) is 0 Å². The smallest absolute Gasteiger partial charge is 0.0973 e. The van der Waals surface area contributed by atoms with Gasteiger partial charge in [0.1, 0.15) is 0 Å². The van der Waals surface area contributed by atoms with Crippen LogP contribution in [0.3, 0.4) is 0 Å². The van der Waals surface area contributed by atoms with Crippen molar-refractivity contribution in [1.82, 2.24) is 4.98 Å². The molecule has 80 valence electrons. The Morgan fingerprint density at radius 3 is 3.07 bits per heavy atom. The SMILES string of the molecule is CCc1cccnc1CN=C(N)C1CC1. The van der Waals surface area contributed by atoms with E-state index in [1.54, 1.807) is 0 Å². The van der Waals surface area contributed by atoms with E-state index in [1.165, 1.54) is 18.4 Å². The number of hydrogen-bond acceptors (Lipinski definition) is 2. The summed E-state index contributed by atoms with van der Waals surface area (Å²) in [6.45, 7) is 2.76. The Kier molecular flexibility index (Phi) is 2.99. The second kappa shape index (κ2) is 4.43. The number of aryl methyl sites for hydroxylation is 1. The first-order valence-corrected chi connectivity index (χ1v) is 5.54. The largest absolute Gasteiger partial charge is 0.387 e. The van der Waals surface area contributed by atoms with Crippen molar-refractivity contribution in [2.75, 3.05) is 0 Å². The maximum absolute atomic E-state index is 5.84. The van der Waals surface area contributed by atoms with Crippen LogP contribution in [0, 0.1) is 5.92 Å². The van der Waals surface area contributed by atoms with E-state index in [9.17, 15) is 0 Å². The summed E-state index contributed by atoms with van der Waals surface area (Å²) in [5.41, 5.74) is 8.17. The highest BCUT2D eigenvalue weighted by Crippen LogP contribution is 2.28. The fourth-order valence-corrected chi connectivity index (χ4v) is 1.61. The Labute approximate surface area is 90.4 Å². The number of aromatic nitrogens is 1. The van der Waals surface area contributed by atoms with Crippen LogP contribution in [0.1, 0.15) is 31.0 Å². The summed E-state index contributed by atoms with van der Waals surface area (Å²) in [6, 6.07) is 4.07. The Morgan fingerprint density at radius 1 is 1.60 bits per heavy atom. The number of nitrogens with two attached hydrogens (primary N) is 1. The summed E-state index contributed by atoms with van der Waals surface area (Å²) < 4.78 is 0. The fraction of sp³-hybridized carbons (Fsp3) is 0.500. The molecule has 0 spiro atoms. The van der Waals surface area contributed by atoms with E-state index in [-0.39, 0.29) is 0 Å². The molecule has 3 heteroatoms. The van der Waals surface area contributed by atoms with Gasteiger partial charge in [-0.2, -0.15) is 0 Å². The Hall–Kier alpha value is -1.38. The van der Waals surface area contributed by atoms with Crippen LogP contribution in [0.5, 0.6) is 0 Å². The van der Waals surface area contributed by atoms with E-state index in [4.69, 9.17) is 5.73 Å². The van der Waals surface area contributed by atoms with Crippen molar-refractivity contribution in [3.63, 3.8) is 0 Å². The van der Waals surface area contributed by atoms with Gasteiger partial charge in [0, 0.05) is 12.1 Å². The molecule has 0 aromatic carbocycles. The van der Waals surface area contributed by atoms with E-state index in [2.05, 4.69) is 23.0 Å². The van der Waals surface area contributed by atoms with E-state index in [0.717, 1.165) is 18.0 Å². The molecule has 1 aliphatic rings. The second-order valence-corrected chi connectivity index (χ2v) is 3.98. The average Bonchev–Trinajstić information content (AvgIpc) is 3.10. The molecule has 0 atom stereocenters. The zero-order valence-electron chi connectivity index (χ0n) is 9.11. The van der Waals surface area contributed by atoms with Gasteiger partial charge in [-0.25, -0.2) is 0 Å². The summed E-state index contributed by atoms with van der Waals surface area (Å²) in [6.07, 6.45) is 5.23. The summed E-state index contributed by atoms with van der Waals surface area (Å²) in [5, 5.41) is 0.